The average Bonchev–Trinajstić information content (AvgIpc) is 2.38. The number of carbonyl (C=O) groups excluding carboxylic acids is 1. The largest absolute Gasteiger partial charge is 0.351 e. The van der Waals surface area contributed by atoms with Gasteiger partial charge in [-0.25, -0.2) is 4.98 Å². The fourth-order valence-electron chi connectivity index (χ4n) is 1.71. The molecule has 1 aromatic rings. The van der Waals surface area contributed by atoms with Crippen molar-refractivity contribution in [3.8, 4) is 0 Å². The van der Waals surface area contributed by atoms with Crippen LogP contribution in [-0.4, -0.2) is 43.0 Å². The van der Waals surface area contributed by atoms with Crippen LogP contribution in [0.4, 0.5) is 0 Å². The Labute approximate surface area is 129 Å². The van der Waals surface area contributed by atoms with Gasteiger partial charge in [-0.05, 0) is 68.2 Å². The minimum atomic E-state index is -0.0790. The number of carbonyl (C=O) groups is 1. The highest BCUT2D eigenvalue weighted by Gasteiger charge is 2.05. The SMILES string of the molecule is CN(C)CCCCCCNC(=O)c1ccc([123I])cn1. The molecule has 1 aromatic heterocycles. The van der Waals surface area contributed by atoms with Gasteiger partial charge in [-0.15, -0.1) is 0 Å². The van der Waals surface area contributed by atoms with E-state index in [4.69, 9.17) is 0 Å². The van der Waals surface area contributed by atoms with Crippen LogP contribution in [0.3, 0.4) is 0 Å². The zero-order valence-electron chi connectivity index (χ0n) is 11.7. The van der Waals surface area contributed by atoms with Gasteiger partial charge in [0.2, 0.25) is 0 Å². The monoisotopic (exact) mass is 371 g/mol. The number of nitrogens with one attached hydrogen (secondary N) is 1. The lowest BCUT2D eigenvalue weighted by molar-refractivity contribution is 0.0948. The molecule has 1 N–H and O–H groups in total. The van der Waals surface area contributed by atoms with Crippen LogP contribution < -0.4 is 5.32 Å². The second-order valence-electron chi connectivity index (χ2n) is 4.84. The van der Waals surface area contributed by atoms with E-state index >= 15 is 0 Å². The fraction of sp³-hybridized carbons (Fsp3) is 0.571. The molecule has 0 fully saturated rings. The van der Waals surface area contributed by atoms with Gasteiger partial charge in [0, 0.05) is 16.3 Å². The molecule has 0 atom stereocenters. The third kappa shape index (κ3) is 7.47. The Morgan fingerprint density at radius 2 is 2.00 bits per heavy atom. The third-order valence-electron chi connectivity index (χ3n) is 2.78. The zero-order valence-corrected chi connectivity index (χ0v) is 13.8. The first kappa shape index (κ1) is 16.4. The second kappa shape index (κ2) is 9.25. The highest BCUT2D eigenvalue weighted by atomic mass is 123. The van der Waals surface area contributed by atoms with E-state index in [0.717, 1.165) is 29.5 Å². The molecular formula is C14H22IN3O. The van der Waals surface area contributed by atoms with Crippen LogP contribution in [0.1, 0.15) is 36.2 Å². The molecule has 1 rings (SSSR count). The van der Waals surface area contributed by atoms with Crippen LogP contribution in [0.25, 0.3) is 0 Å². The molecule has 0 spiro atoms. The van der Waals surface area contributed by atoms with Gasteiger partial charge in [0.1, 0.15) is 5.69 Å². The number of halogens is 1. The molecule has 0 aromatic carbocycles. The first-order valence-electron chi connectivity index (χ1n) is 6.64. The number of unbranched alkanes of at least 4 members (excludes halogenated alkanes) is 3. The molecule has 106 valence electrons. The molecule has 5 heteroatoms. The van der Waals surface area contributed by atoms with Crippen molar-refractivity contribution < 1.29 is 4.79 Å². The molecule has 0 unspecified atom stereocenters. The van der Waals surface area contributed by atoms with E-state index < -0.39 is 0 Å². The maximum Gasteiger partial charge on any atom is 0.269 e. The molecular weight excluding hydrogens is 349 g/mol. The van der Waals surface area contributed by atoms with Crippen LogP contribution in [0, 0.1) is 3.57 Å². The van der Waals surface area contributed by atoms with Gasteiger partial charge >= 0.3 is 0 Å². The van der Waals surface area contributed by atoms with Gasteiger partial charge in [-0.1, -0.05) is 12.8 Å². The maximum atomic E-state index is 11.8. The van der Waals surface area contributed by atoms with Crippen LogP contribution in [-0.2, 0) is 0 Å². The van der Waals surface area contributed by atoms with E-state index in [1.54, 1.807) is 12.3 Å². The molecule has 1 amide bonds. The minimum Gasteiger partial charge on any atom is -0.351 e. The lowest BCUT2D eigenvalue weighted by atomic mass is 10.2. The topological polar surface area (TPSA) is 45.2 Å². The van der Waals surface area contributed by atoms with Gasteiger partial charge in [-0.3, -0.25) is 4.79 Å². The second-order valence-corrected chi connectivity index (χ2v) is 6.08. The van der Waals surface area contributed by atoms with Gasteiger partial charge < -0.3 is 10.2 Å². The van der Waals surface area contributed by atoms with Crippen molar-refractivity contribution in [1.29, 1.82) is 0 Å². The number of aromatic nitrogens is 1. The van der Waals surface area contributed by atoms with Crippen LogP contribution in [0.5, 0.6) is 0 Å². The molecule has 0 saturated heterocycles. The van der Waals surface area contributed by atoms with Crippen molar-refractivity contribution >= 4 is 28.5 Å². The summed E-state index contributed by atoms with van der Waals surface area (Å²) >= 11 is 2.17. The number of pyridine rings is 1. The quantitative estimate of drug-likeness (QED) is 0.564. The fourth-order valence-corrected chi connectivity index (χ4v) is 2.03. The van der Waals surface area contributed by atoms with Crippen LogP contribution in [0.15, 0.2) is 18.3 Å². The molecule has 4 nitrogen and oxygen atoms in total. The standard InChI is InChI=1S/C14H22IN3O/c1-18(2)10-6-4-3-5-9-16-14(19)13-8-7-12(15)11-17-13/h7-8,11H,3-6,9-10H2,1-2H3,(H,16,19)/i15-4. The van der Waals surface area contributed by atoms with Crippen LogP contribution in [0.2, 0.25) is 0 Å². The van der Waals surface area contributed by atoms with Crippen molar-refractivity contribution in [1.82, 2.24) is 15.2 Å². The van der Waals surface area contributed by atoms with Crippen LogP contribution >= 0.6 is 22.6 Å². The third-order valence-corrected chi connectivity index (χ3v) is 3.42. The molecule has 0 bridgehead atoms. The number of nitrogens with zero attached hydrogens (tertiary/aromatic N) is 2. The lowest BCUT2D eigenvalue weighted by Gasteiger charge is -2.08. The van der Waals surface area contributed by atoms with Gasteiger partial charge in [-0.2, -0.15) is 0 Å². The van der Waals surface area contributed by atoms with Gasteiger partial charge in [0.25, 0.3) is 5.91 Å². The number of hydrogen-bond donors (Lipinski definition) is 1. The van der Waals surface area contributed by atoms with Crippen molar-refractivity contribution in [2.24, 2.45) is 0 Å². The maximum absolute atomic E-state index is 11.8. The summed E-state index contributed by atoms with van der Waals surface area (Å²) in [6.07, 6.45) is 6.34. The Morgan fingerprint density at radius 3 is 2.63 bits per heavy atom. The molecule has 0 aliphatic heterocycles. The molecule has 19 heavy (non-hydrogen) atoms. The Kier molecular flexibility index (Phi) is 7.97. The molecule has 0 aliphatic carbocycles. The summed E-state index contributed by atoms with van der Waals surface area (Å²) in [5.74, 6) is -0.0790. The van der Waals surface area contributed by atoms with E-state index in [1.807, 2.05) is 6.07 Å². The molecule has 1 heterocycles. The Hall–Kier alpha value is -0.690. The first-order chi connectivity index (χ1) is 9.09. The Morgan fingerprint density at radius 1 is 1.26 bits per heavy atom. The predicted octanol–water partition coefficient (Wildman–Crippen LogP) is 2.54. The zero-order chi connectivity index (χ0) is 14.1. The summed E-state index contributed by atoms with van der Waals surface area (Å²) in [5.41, 5.74) is 0.494. The Balaban J connectivity index is 2.09. The summed E-state index contributed by atoms with van der Waals surface area (Å²) < 4.78 is 1.04. The summed E-state index contributed by atoms with van der Waals surface area (Å²) in [7, 11) is 4.18. The van der Waals surface area contributed by atoms with E-state index in [9.17, 15) is 4.79 Å². The van der Waals surface area contributed by atoms with Crippen molar-refractivity contribution in [2.45, 2.75) is 25.7 Å². The lowest BCUT2D eigenvalue weighted by Crippen LogP contribution is -2.25. The van der Waals surface area contributed by atoms with Gasteiger partial charge in [0.05, 0.1) is 0 Å². The summed E-state index contributed by atoms with van der Waals surface area (Å²) in [4.78, 5) is 18.1. The number of hydrogen-bond acceptors (Lipinski definition) is 3. The van der Waals surface area contributed by atoms with E-state index in [0.29, 0.717) is 5.69 Å². The molecule has 0 saturated carbocycles. The Bertz CT molecular complexity index is 379. The minimum absolute atomic E-state index is 0.0790. The van der Waals surface area contributed by atoms with Crippen molar-refractivity contribution in [3.05, 3.63) is 27.6 Å². The van der Waals surface area contributed by atoms with E-state index in [-0.39, 0.29) is 5.91 Å². The highest BCUT2D eigenvalue weighted by molar-refractivity contribution is 14.1. The van der Waals surface area contributed by atoms with Gasteiger partial charge in [0.15, 0.2) is 0 Å². The molecule has 0 radical (unpaired) electrons. The summed E-state index contributed by atoms with van der Waals surface area (Å²) in [6, 6.07) is 3.65. The highest BCUT2D eigenvalue weighted by Crippen LogP contribution is 2.03. The normalized spacial score (nSPS) is 10.7. The first-order valence-corrected chi connectivity index (χ1v) is 7.72. The summed E-state index contributed by atoms with van der Waals surface area (Å²) in [6.45, 7) is 1.87. The summed E-state index contributed by atoms with van der Waals surface area (Å²) in [5, 5.41) is 2.90. The van der Waals surface area contributed by atoms with Crippen molar-refractivity contribution in [2.75, 3.05) is 27.2 Å². The molecule has 0 aliphatic rings. The smallest absolute Gasteiger partial charge is 0.269 e. The van der Waals surface area contributed by atoms with Crippen molar-refractivity contribution in [3.63, 3.8) is 0 Å². The van der Waals surface area contributed by atoms with E-state index in [2.05, 4.69) is 51.9 Å². The average molecular weight is 371 g/mol. The predicted molar refractivity (Wildman–Crippen MR) is 86.3 cm³/mol. The number of amides is 1. The van der Waals surface area contributed by atoms with E-state index in [1.165, 1.54) is 12.8 Å². The number of rotatable bonds is 8.